The van der Waals surface area contributed by atoms with E-state index in [1.54, 1.807) is 0 Å². The molecule has 0 atom stereocenters. The van der Waals surface area contributed by atoms with Gasteiger partial charge in [0.05, 0.1) is 16.9 Å². The van der Waals surface area contributed by atoms with E-state index in [0.717, 1.165) is 10.9 Å². The largest absolute Gasteiger partial charge is 0.287 e. The second-order valence-electron chi connectivity index (χ2n) is 4.85. The molecule has 1 aromatic carbocycles. The normalized spacial score (nSPS) is 17.1. The topological polar surface area (TPSA) is 42.3 Å². The molecule has 0 aliphatic heterocycles. The van der Waals surface area contributed by atoms with E-state index >= 15 is 0 Å². The van der Waals surface area contributed by atoms with E-state index in [1.165, 1.54) is 0 Å². The molecule has 3 nitrogen and oxygen atoms in total. The number of pyridine rings is 1. The Balaban J connectivity index is 2.07. The molecular formula is C18H16N2O. The van der Waals surface area contributed by atoms with Crippen molar-refractivity contribution in [3.05, 3.63) is 60.3 Å². The Labute approximate surface area is 123 Å². The van der Waals surface area contributed by atoms with Gasteiger partial charge in [0.1, 0.15) is 0 Å². The fraction of sp³-hybridized carbons (Fsp3) is 0.167. The summed E-state index contributed by atoms with van der Waals surface area (Å²) in [6.45, 7) is 2.56. The Morgan fingerprint density at radius 2 is 2.05 bits per heavy atom. The number of rotatable bonds is 2. The van der Waals surface area contributed by atoms with Crippen molar-refractivity contribution in [2.24, 2.45) is 4.99 Å². The van der Waals surface area contributed by atoms with Crippen LogP contribution in [0.1, 0.15) is 19.0 Å². The third-order valence-corrected chi connectivity index (χ3v) is 3.44. The maximum absolute atomic E-state index is 12.6. The van der Waals surface area contributed by atoms with Crippen LogP contribution >= 0.6 is 0 Å². The van der Waals surface area contributed by atoms with Gasteiger partial charge in [0, 0.05) is 23.9 Å². The maximum atomic E-state index is 12.6. The van der Waals surface area contributed by atoms with Crippen LogP contribution in [-0.4, -0.2) is 23.0 Å². The molecule has 3 heteroatoms. The summed E-state index contributed by atoms with van der Waals surface area (Å²) in [5.74, 6) is -0.0235. The monoisotopic (exact) mass is 276 g/mol. The summed E-state index contributed by atoms with van der Waals surface area (Å²) in [7, 11) is 0. The van der Waals surface area contributed by atoms with Gasteiger partial charge in [-0.15, -0.1) is 0 Å². The second-order valence-corrected chi connectivity index (χ2v) is 4.85. The molecule has 0 bridgehead atoms. The van der Waals surface area contributed by atoms with E-state index in [4.69, 9.17) is 0 Å². The maximum Gasteiger partial charge on any atom is 0.209 e. The van der Waals surface area contributed by atoms with E-state index in [9.17, 15) is 4.79 Å². The van der Waals surface area contributed by atoms with Crippen molar-refractivity contribution in [3.63, 3.8) is 0 Å². The first-order valence-corrected chi connectivity index (χ1v) is 7.10. The number of nitrogens with zero attached hydrogens (tertiary/aromatic N) is 2. The molecule has 1 aliphatic rings. The van der Waals surface area contributed by atoms with Crippen molar-refractivity contribution in [1.82, 2.24) is 4.98 Å². The minimum absolute atomic E-state index is 0.0235. The third-order valence-electron chi connectivity index (χ3n) is 3.44. The van der Waals surface area contributed by atoms with E-state index in [2.05, 4.69) is 9.98 Å². The SMILES string of the molecule is CCN=C1CC=CC=C(c2ccc3ccccc3n2)C1=O. The smallest absolute Gasteiger partial charge is 0.209 e. The highest BCUT2D eigenvalue weighted by Gasteiger charge is 2.19. The highest BCUT2D eigenvalue weighted by Crippen LogP contribution is 2.21. The van der Waals surface area contributed by atoms with Gasteiger partial charge in [0.2, 0.25) is 5.78 Å². The summed E-state index contributed by atoms with van der Waals surface area (Å²) >= 11 is 0. The Morgan fingerprint density at radius 3 is 2.90 bits per heavy atom. The average molecular weight is 276 g/mol. The third kappa shape index (κ3) is 2.68. The number of aromatic nitrogens is 1. The number of carbonyl (C=O) groups excluding carboxylic acids is 1. The van der Waals surface area contributed by atoms with Crippen LogP contribution < -0.4 is 0 Å². The Bertz CT molecular complexity index is 785. The number of hydrogen-bond donors (Lipinski definition) is 0. The molecule has 2 aromatic rings. The highest BCUT2D eigenvalue weighted by molar-refractivity contribution is 6.56. The number of hydrogen-bond acceptors (Lipinski definition) is 3. The molecule has 0 unspecified atom stereocenters. The Kier molecular flexibility index (Phi) is 3.73. The van der Waals surface area contributed by atoms with Crippen LogP contribution in [0.15, 0.2) is 59.6 Å². The van der Waals surface area contributed by atoms with Gasteiger partial charge in [-0.3, -0.25) is 9.79 Å². The first-order chi connectivity index (χ1) is 10.3. The summed E-state index contributed by atoms with van der Waals surface area (Å²) in [5, 5.41) is 1.07. The Morgan fingerprint density at radius 1 is 1.19 bits per heavy atom. The van der Waals surface area contributed by atoms with Crippen LogP contribution in [0.2, 0.25) is 0 Å². The van der Waals surface area contributed by atoms with E-state index in [1.807, 2.05) is 61.5 Å². The van der Waals surface area contributed by atoms with Crippen LogP contribution in [0.5, 0.6) is 0 Å². The van der Waals surface area contributed by atoms with Gasteiger partial charge in [-0.25, -0.2) is 4.98 Å². The van der Waals surface area contributed by atoms with Crippen molar-refractivity contribution in [1.29, 1.82) is 0 Å². The minimum Gasteiger partial charge on any atom is -0.287 e. The summed E-state index contributed by atoms with van der Waals surface area (Å²) in [4.78, 5) is 21.5. The second kappa shape index (κ2) is 5.83. The van der Waals surface area contributed by atoms with Gasteiger partial charge >= 0.3 is 0 Å². The van der Waals surface area contributed by atoms with E-state index in [0.29, 0.717) is 29.9 Å². The molecule has 1 heterocycles. The molecule has 0 amide bonds. The molecule has 0 fully saturated rings. The Hall–Kier alpha value is -2.55. The standard InChI is InChI=1S/C18H16N2O/c1-2-19-17-10-6-4-8-14(18(17)21)16-12-11-13-7-3-5-9-15(13)20-16/h3-9,11-12H,2,10H2,1H3. The molecule has 0 radical (unpaired) electrons. The van der Waals surface area contributed by atoms with Crippen LogP contribution in [-0.2, 0) is 4.79 Å². The number of benzene rings is 1. The molecule has 1 aromatic heterocycles. The lowest BCUT2D eigenvalue weighted by Gasteiger charge is -2.07. The number of ketones is 1. The first-order valence-electron chi connectivity index (χ1n) is 7.10. The highest BCUT2D eigenvalue weighted by atomic mass is 16.1. The van der Waals surface area contributed by atoms with Crippen molar-refractivity contribution in [2.45, 2.75) is 13.3 Å². The van der Waals surface area contributed by atoms with Gasteiger partial charge in [0.15, 0.2) is 0 Å². The number of Topliss-reactive ketones (excluding diaryl/α,β-unsaturated/α-hetero) is 1. The molecular weight excluding hydrogens is 260 g/mol. The number of aliphatic imine (C=N–C) groups is 1. The summed E-state index contributed by atoms with van der Waals surface area (Å²) in [6.07, 6.45) is 6.28. The number of carbonyl (C=O) groups is 1. The van der Waals surface area contributed by atoms with Crippen LogP contribution in [0.4, 0.5) is 0 Å². The lowest BCUT2D eigenvalue weighted by molar-refractivity contribution is -0.108. The molecule has 21 heavy (non-hydrogen) atoms. The molecule has 0 spiro atoms. The predicted molar refractivity (Wildman–Crippen MR) is 86.5 cm³/mol. The average Bonchev–Trinajstić information content (AvgIpc) is 2.70. The van der Waals surface area contributed by atoms with Crippen molar-refractivity contribution < 1.29 is 4.79 Å². The molecule has 3 rings (SSSR count). The van der Waals surface area contributed by atoms with Crippen molar-refractivity contribution in [3.8, 4) is 0 Å². The van der Waals surface area contributed by atoms with Crippen LogP contribution in [0.3, 0.4) is 0 Å². The zero-order valence-corrected chi connectivity index (χ0v) is 11.9. The summed E-state index contributed by atoms with van der Waals surface area (Å²) < 4.78 is 0. The van der Waals surface area contributed by atoms with Crippen molar-refractivity contribution >= 4 is 28.0 Å². The lowest BCUT2D eigenvalue weighted by atomic mass is 10.0. The van der Waals surface area contributed by atoms with Gasteiger partial charge < -0.3 is 0 Å². The minimum atomic E-state index is -0.0235. The summed E-state index contributed by atoms with van der Waals surface area (Å²) in [5.41, 5.74) is 2.81. The van der Waals surface area contributed by atoms with E-state index < -0.39 is 0 Å². The summed E-state index contributed by atoms with van der Waals surface area (Å²) in [6, 6.07) is 11.8. The van der Waals surface area contributed by atoms with Crippen LogP contribution in [0, 0.1) is 0 Å². The number of allylic oxidation sites excluding steroid dienone is 4. The van der Waals surface area contributed by atoms with Gasteiger partial charge in [-0.2, -0.15) is 0 Å². The zero-order chi connectivity index (χ0) is 14.7. The first kappa shape index (κ1) is 13.4. The molecule has 104 valence electrons. The zero-order valence-electron chi connectivity index (χ0n) is 11.9. The van der Waals surface area contributed by atoms with Crippen LogP contribution in [0.25, 0.3) is 16.5 Å². The van der Waals surface area contributed by atoms with Gasteiger partial charge in [-0.1, -0.05) is 36.4 Å². The number of para-hydroxylation sites is 1. The van der Waals surface area contributed by atoms with Gasteiger partial charge in [0.25, 0.3) is 0 Å². The van der Waals surface area contributed by atoms with E-state index in [-0.39, 0.29) is 5.78 Å². The molecule has 0 N–H and O–H groups in total. The fourth-order valence-corrected chi connectivity index (χ4v) is 2.41. The lowest BCUT2D eigenvalue weighted by Crippen LogP contribution is -2.15. The number of fused-ring (bicyclic) bond motifs is 1. The predicted octanol–water partition coefficient (Wildman–Crippen LogP) is 3.61. The molecule has 0 saturated heterocycles. The fourth-order valence-electron chi connectivity index (χ4n) is 2.41. The van der Waals surface area contributed by atoms with Gasteiger partial charge in [-0.05, 0) is 25.1 Å². The van der Waals surface area contributed by atoms with Crippen molar-refractivity contribution in [2.75, 3.05) is 6.54 Å². The molecule has 1 aliphatic carbocycles. The molecule has 0 saturated carbocycles. The quantitative estimate of drug-likeness (QED) is 0.841.